The van der Waals surface area contributed by atoms with E-state index in [1.807, 2.05) is 30.5 Å². The molecule has 1 N–H and O–H groups in total. The monoisotopic (exact) mass is 293 g/mol. The number of ketones is 1. The Morgan fingerprint density at radius 3 is 2.50 bits per heavy atom. The van der Waals surface area contributed by atoms with Crippen LogP contribution >= 0.6 is 0 Å². The van der Waals surface area contributed by atoms with E-state index < -0.39 is 0 Å². The minimum atomic E-state index is 0.0899. The first-order valence-corrected chi connectivity index (χ1v) is 7.76. The van der Waals surface area contributed by atoms with Gasteiger partial charge in [-0.2, -0.15) is 0 Å². The molecule has 2 aliphatic heterocycles. The molecule has 0 radical (unpaired) electrons. The summed E-state index contributed by atoms with van der Waals surface area (Å²) < 4.78 is 0. The van der Waals surface area contributed by atoms with Crippen LogP contribution in [0.15, 0.2) is 42.6 Å². The molecule has 4 nitrogen and oxygen atoms in total. The lowest BCUT2D eigenvalue weighted by molar-refractivity contribution is 0.101. The third-order valence-corrected chi connectivity index (χ3v) is 4.78. The van der Waals surface area contributed by atoms with Crippen molar-refractivity contribution in [2.24, 2.45) is 5.92 Å². The van der Waals surface area contributed by atoms with Gasteiger partial charge in [-0.15, -0.1) is 0 Å². The van der Waals surface area contributed by atoms with Crippen LogP contribution < -0.4 is 10.2 Å². The molecule has 0 bridgehead atoms. The van der Waals surface area contributed by atoms with E-state index in [4.69, 9.17) is 0 Å². The average Bonchev–Trinajstić information content (AvgIpc) is 2.83. The lowest BCUT2D eigenvalue weighted by atomic mass is 9.96. The number of fused-ring (bicyclic) bond motifs is 1. The van der Waals surface area contributed by atoms with Crippen LogP contribution in [0.2, 0.25) is 0 Å². The van der Waals surface area contributed by atoms with Crippen LogP contribution in [0, 0.1) is 5.92 Å². The van der Waals surface area contributed by atoms with Crippen LogP contribution in [-0.2, 0) is 0 Å². The molecule has 0 spiro atoms. The summed E-state index contributed by atoms with van der Waals surface area (Å²) in [6.45, 7) is 4.94. The molecule has 4 rings (SSSR count). The molecule has 2 fully saturated rings. The Morgan fingerprint density at radius 1 is 1.18 bits per heavy atom. The molecule has 0 unspecified atom stereocenters. The molecule has 0 aliphatic carbocycles. The molecule has 1 aromatic carbocycles. The normalized spacial score (nSPS) is 23.0. The Hall–Kier alpha value is -2.20. The smallest absolute Gasteiger partial charge is 0.159 e. The highest BCUT2D eigenvalue weighted by atomic mass is 16.1. The van der Waals surface area contributed by atoms with Gasteiger partial charge in [0.2, 0.25) is 0 Å². The van der Waals surface area contributed by atoms with Crippen LogP contribution in [0.25, 0.3) is 11.3 Å². The molecule has 2 aliphatic rings. The number of benzene rings is 1. The standard InChI is InChI=1S/C18H19N3O/c1-12(22)13-2-4-14(5-3-13)17-7-6-16(9-20-17)21-10-15-8-19-18(15)11-21/h2-7,9,15,18-19H,8,10-11H2,1H3/t15-,18+/m1/s1. The number of anilines is 1. The Morgan fingerprint density at radius 2 is 2.00 bits per heavy atom. The number of aromatic nitrogens is 1. The summed E-state index contributed by atoms with van der Waals surface area (Å²) in [7, 11) is 0. The zero-order chi connectivity index (χ0) is 15.1. The molecule has 2 atom stereocenters. The van der Waals surface area contributed by atoms with Gasteiger partial charge in [-0.25, -0.2) is 0 Å². The highest BCUT2D eigenvalue weighted by Gasteiger charge is 2.38. The van der Waals surface area contributed by atoms with Crippen molar-refractivity contribution in [2.75, 3.05) is 24.5 Å². The lowest BCUT2D eigenvalue weighted by Gasteiger charge is -2.29. The quantitative estimate of drug-likeness (QED) is 0.883. The summed E-state index contributed by atoms with van der Waals surface area (Å²) >= 11 is 0. The van der Waals surface area contributed by atoms with E-state index in [2.05, 4.69) is 27.3 Å². The number of hydrogen-bond acceptors (Lipinski definition) is 4. The van der Waals surface area contributed by atoms with Gasteiger partial charge in [-0.05, 0) is 19.1 Å². The van der Waals surface area contributed by atoms with Crippen molar-refractivity contribution in [2.45, 2.75) is 13.0 Å². The van der Waals surface area contributed by atoms with Crippen LogP contribution in [-0.4, -0.2) is 36.4 Å². The Bertz CT molecular complexity index is 681. The summed E-state index contributed by atoms with van der Waals surface area (Å²) in [5.41, 5.74) is 3.92. The van der Waals surface area contributed by atoms with Gasteiger partial charge in [0.15, 0.2) is 5.78 Å². The van der Waals surface area contributed by atoms with E-state index in [0.29, 0.717) is 6.04 Å². The van der Waals surface area contributed by atoms with E-state index in [9.17, 15) is 4.79 Å². The second-order valence-electron chi connectivity index (χ2n) is 6.21. The summed E-state index contributed by atoms with van der Waals surface area (Å²) in [6, 6.07) is 12.5. The van der Waals surface area contributed by atoms with Gasteiger partial charge in [0, 0.05) is 42.7 Å². The van der Waals surface area contributed by atoms with E-state index in [1.165, 1.54) is 5.69 Å². The zero-order valence-electron chi connectivity index (χ0n) is 12.6. The van der Waals surface area contributed by atoms with Gasteiger partial charge in [0.25, 0.3) is 0 Å². The van der Waals surface area contributed by atoms with E-state index >= 15 is 0 Å². The zero-order valence-corrected chi connectivity index (χ0v) is 12.6. The number of hydrogen-bond donors (Lipinski definition) is 1. The fourth-order valence-electron chi connectivity index (χ4n) is 3.28. The van der Waals surface area contributed by atoms with Crippen LogP contribution in [0.4, 0.5) is 5.69 Å². The Balaban J connectivity index is 1.52. The molecule has 2 aromatic rings. The van der Waals surface area contributed by atoms with Crippen LogP contribution in [0.5, 0.6) is 0 Å². The molecule has 22 heavy (non-hydrogen) atoms. The van der Waals surface area contributed by atoms with Gasteiger partial charge < -0.3 is 10.2 Å². The molecule has 0 amide bonds. The second kappa shape index (κ2) is 5.21. The number of nitrogens with one attached hydrogen (secondary N) is 1. The number of pyridine rings is 1. The SMILES string of the molecule is CC(=O)c1ccc(-c2ccc(N3C[C@H]4CN[C@H]4C3)cn2)cc1. The minimum Gasteiger partial charge on any atom is -0.368 e. The summed E-state index contributed by atoms with van der Waals surface area (Å²) in [6.07, 6.45) is 1.96. The number of nitrogens with zero attached hydrogens (tertiary/aromatic N) is 2. The summed E-state index contributed by atoms with van der Waals surface area (Å²) in [5, 5.41) is 3.47. The third kappa shape index (κ3) is 2.29. The highest BCUT2D eigenvalue weighted by Crippen LogP contribution is 2.29. The van der Waals surface area contributed by atoms with Crippen molar-refractivity contribution >= 4 is 11.5 Å². The first kappa shape index (κ1) is 13.5. The van der Waals surface area contributed by atoms with Gasteiger partial charge >= 0.3 is 0 Å². The topological polar surface area (TPSA) is 45.2 Å². The van der Waals surface area contributed by atoms with Crippen molar-refractivity contribution in [3.05, 3.63) is 48.2 Å². The molecular weight excluding hydrogens is 274 g/mol. The van der Waals surface area contributed by atoms with Crippen molar-refractivity contribution in [3.8, 4) is 11.3 Å². The first-order valence-electron chi connectivity index (χ1n) is 7.76. The average molecular weight is 293 g/mol. The van der Waals surface area contributed by atoms with E-state index in [0.717, 1.165) is 42.4 Å². The maximum absolute atomic E-state index is 11.3. The van der Waals surface area contributed by atoms with Crippen molar-refractivity contribution in [3.63, 3.8) is 0 Å². The van der Waals surface area contributed by atoms with Gasteiger partial charge in [0.1, 0.15) is 0 Å². The summed E-state index contributed by atoms with van der Waals surface area (Å²) in [4.78, 5) is 18.3. The molecule has 4 heteroatoms. The number of carbonyl (C=O) groups excluding carboxylic acids is 1. The second-order valence-corrected chi connectivity index (χ2v) is 6.21. The minimum absolute atomic E-state index is 0.0899. The highest BCUT2D eigenvalue weighted by molar-refractivity contribution is 5.94. The van der Waals surface area contributed by atoms with Crippen molar-refractivity contribution in [1.82, 2.24) is 10.3 Å². The van der Waals surface area contributed by atoms with Crippen molar-refractivity contribution in [1.29, 1.82) is 0 Å². The largest absolute Gasteiger partial charge is 0.368 e. The predicted molar refractivity (Wildman–Crippen MR) is 87.2 cm³/mol. The van der Waals surface area contributed by atoms with E-state index in [-0.39, 0.29) is 5.78 Å². The molecule has 0 saturated carbocycles. The van der Waals surface area contributed by atoms with E-state index in [1.54, 1.807) is 6.92 Å². The molecule has 2 saturated heterocycles. The lowest BCUT2D eigenvalue weighted by Crippen LogP contribution is -2.51. The van der Waals surface area contributed by atoms with Gasteiger partial charge in [-0.3, -0.25) is 9.78 Å². The van der Waals surface area contributed by atoms with Gasteiger partial charge in [0.05, 0.1) is 17.6 Å². The predicted octanol–water partition coefficient (Wildman–Crippen LogP) is 2.36. The van der Waals surface area contributed by atoms with Crippen LogP contribution in [0.1, 0.15) is 17.3 Å². The van der Waals surface area contributed by atoms with Crippen LogP contribution in [0.3, 0.4) is 0 Å². The maximum Gasteiger partial charge on any atom is 0.159 e. The van der Waals surface area contributed by atoms with Gasteiger partial charge in [-0.1, -0.05) is 24.3 Å². The molecule has 1 aromatic heterocycles. The maximum atomic E-state index is 11.3. The number of Topliss-reactive ketones (excluding diaryl/α,β-unsaturated/α-hetero) is 1. The molecule has 3 heterocycles. The third-order valence-electron chi connectivity index (χ3n) is 4.78. The fraction of sp³-hybridized carbons (Fsp3) is 0.333. The Kier molecular flexibility index (Phi) is 3.19. The number of rotatable bonds is 3. The summed E-state index contributed by atoms with van der Waals surface area (Å²) in [5.74, 6) is 0.894. The number of carbonyl (C=O) groups is 1. The molecular formula is C18H19N3O. The fourth-order valence-corrected chi connectivity index (χ4v) is 3.28. The van der Waals surface area contributed by atoms with Crippen molar-refractivity contribution < 1.29 is 4.79 Å². The first-order chi connectivity index (χ1) is 10.7. The molecule has 112 valence electrons. The Labute approximate surface area is 130 Å².